The lowest BCUT2D eigenvalue weighted by Crippen LogP contribution is -2.15. The summed E-state index contributed by atoms with van der Waals surface area (Å²) < 4.78 is 17.2. The summed E-state index contributed by atoms with van der Waals surface area (Å²) in [7, 11) is 0. The zero-order valence-electron chi connectivity index (χ0n) is 11.9. The van der Waals surface area contributed by atoms with Gasteiger partial charge in [-0.3, -0.25) is 0 Å². The van der Waals surface area contributed by atoms with Gasteiger partial charge >= 0.3 is 0 Å². The molecule has 1 fully saturated rings. The lowest BCUT2D eigenvalue weighted by atomic mass is 10.1. The van der Waals surface area contributed by atoms with Crippen LogP contribution in [0.5, 0.6) is 0 Å². The zero-order chi connectivity index (χ0) is 13.8. The molecule has 1 aromatic carbocycles. The molecule has 1 aliphatic heterocycles. The summed E-state index contributed by atoms with van der Waals surface area (Å²) >= 11 is 0. The van der Waals surface area contributed by atoms with Crippen molar-refractivity contribution < 1.29 is 13.9 Å². The van der Waals surface area contributed by atoms with Crippen LogP contribution in [0.25, 0.3) is 11.0 Å². The molecular weight excluding hydrogens is 254 g/mol. The molecule has 1 unspecified atom stereocenters. The molecule has 1 N–H and O–H groups in total. The van der Waals surface area contributed by atoms with Gasteiger partial charge in [-0.1, -0.05) is 25.1 Å². The van der Waals surface area contributed by atoms with E-state index in [2.05, 4.69) is 18.3 Å². The lowest BCUT2D eigenvalue weighted by Gasteiger charge is -2.09. The zero-order valence-corrected chi connectivity index (χ0v) is 11.9. The van der Waals surface area contributed by atoms with Crippen LogP contribution >= 0.6 is 0 Å². The highest BCUT2D eigenvalue weighted by atomic mass is 16.5. The maximum Gasteiger partial charge on any atom is 0.135 e. The maximum absolute atomic E-state index is 5.95. The molecule has 0 saturated carbocycles. The van der Waals surface area contributed by atoms with Crippen molar-refractivity contribution in [1.29, 1.82) is 0 Å². The Hall–Kier alpha value is -1.36. The minimum atomic E-state index is 0.204. The average molecular weight is 275 g/mol. The van der Waals surface area contributed by atoms with Crippen molar-refractivity contribution in [3.8, 4) is 0 Å². The van der Waals surface area contributed by atoms with Gasteiger partial charge in [-0.25, -0.2) is 0 Å². The lowest BCUT2D eigenvalue weighted by molar-refractivity contribution is 0.0236. The molecule has 20 heavy (non-hydrogen) atoms. The molecule has 1 aliphatic rings. The van der Waals surface area contributed by atoms with Crippen molar-refractivity contribution in [2.24, 2.45) is 0 Å². The fraction of sp³-hybridized carbons (Fsp3) is 0.500. The van der Waals surface area contributed by atoms with Crippen molar-refractivity contribution in [3.05, 3.63) is 35.6 Å². The van der Waals surface area contributed by atoms with Crippen molar-refractivity contribution in [1.82, 2.24) is 5.32 Å². The summed E-state index contributed by atoms with van der Waals surface area (Å²) in [6.45, 7) is 5.87. The molecule has 1 saturated heterocycles. The van der Waals surface area contributed by atoms with Crippen molar-refractivity contribution in [2.75, 3.05) is 19.8 Å². The van der Waals surface area contributed by atoms with Gasteiger partial charge in [0.05, 0.1) is 12.7 Å². The first-order valence-electron chi connectivity index (χ1n) is 7.28. The van der Waals surface area contributed by atoms with E-state index in [1.54, 1.807) is 0 Å². The van der Waals surface area contributed by atoms with Crippen LogP contribution < -0.4 is 5.32 Å². The van der Waals surface area contributed by atoms with Crippen LogP contribution in [0.15, 0.2) is 28.7 Å². The summed E-state index contributed by atoms with van der Waals surface area (Å²) in [6.07, 6.45) is 1.18. The third-order valence-corrected chi connectivity index (χ3v) is 3.67. The Bertz CT molecular complexity index is 558. The van der Waals surface area contributed by atoms with Crippen LogP contribution in [0, 0.1) is 0 Å². The predicted molar refractivity (Wildman–Crippen MR) is 77.6 cm³/mol. The molecule has 4 heteroatoms. The topological polar surface area (TPSA) is 43.6 Å². The number of ether oxygens (including phenoxy) is 2. The highest BCUT2D eigenvalue weighted by Crippen LogP contribution is 2.27. The second-order valence-electron chi connectivity index (χ2n) is 5.08. The van der Waals surface area contributed by atoms with Gasteiger partial charge in [-0.05, 0) is 19.0 Å². The van der Waals surface area contributed by atoms with Gasteiger partial charge in [0, 0.05) is 24.1 Å². The van der Waals surface area contributed by atoms with Crippen LogP contribution in [0.2, 0.25) is 0 Å². The maximum atomic E-state index is 5.95. The first kappa shape index (κ1) is 13.6. The highest BCUT2D eigenvalue weighted by molar-refractivity contribution is 5.82. The van der Waals surface area contributed by atoms with E-state index in [1.807, 2.05) is 18.2 Å². The second kappa shape index (κ2) is 6.39. The highest BCUT2D eigenvalue weighted by Gasteiger charge is 2.19. The van der Waals surface area contributed by atoms with Crippen molar-refractivity contribution in [3.63, 3.8) is 0 Å². The minimum Gasteiger partial charge on any atom is -0.458 e. The van der Waals surface area contributed by atoms with Gasteiger partial charge in [-0.15, -0.1) is 0 Å². The second-order valence-corrected chi connectivity index (χ2v) is 5.08. The molecule has 1 atom stereocenters. The Morgan fingerprint density at radius 1 is 1.35 bits per heavy atom. The quantitative estimate of drug-likeness (QED) is 0.880. The summed E-state index contributed by atoms with van der Waals surface area (Å²) in [5.74, 6) is 0.930. The van der Waals surface area contributed by atoms with E-state index < -0.39 is 0 Å². The van der Waals surface area contributed by atoms with E-state index >= 15 is 0 Å². The van der Waals surface area contributed by atoms with Gasteiger partial charge in [0.1, 0.15) is 18.0 Å². The first-order valence-corrected chi connectivity index (χ1v) is 7.28. The monoisotopic (exact) mass is 275 g/mol. The van der Waals surface area contributed by atoms with Crippen LogP contribution in [0.3, 0.4) is 0 Å². The van der Waals surface area contributed by atoms with Gasteiger partial charge in [0.2, 0.25) is 0 Å². The molecule has 0 aliphatic carbocycles. The number of fused-ring (bicyclic) bond motifs is 1. The Labute approximate surface area is 119 Å². The van der Waals surface area contributed by atoms with E-state index in [0.717, 1.165) is 37.5 Å². The fourth-order valence-electron chi connectivity index (χ4n) is 2.55. The van der Waals surface area contributed by atoms with E-state index in [0.29, 0.717) is 13.2 Å². The average Bonchev–Trinajstić information content (AvgIpc) is 3.10. The molecule has 1 aromatic heterocycles. The van der Waals surface area contributed by atoms with Crippen LogP contribution in [0.4, 0.5) is 0 Å². The number of hydrogen-bond acceptors (Lipinski definition) is 4. The summed E-state index contributed by atoms with van der Waals surface area (Å²) in [5, 5.41) is 4.55. The third kappa shape index (κ3) is 2.87. The Kier molecular flexibility index (Phi) is 4.35. The predicted octanol–water partition coefficient (Wildman–Crippen LogP) is 2.85. The van der Waals surface area contributed by atoms with E-state index in [1.165, 1.54) is 10.9 Å². The number of para-hydroxylation sites is 1. The Balaban J connectivity index is 1.79. The van der Waals surface area contributed by atoms with E-state index in [-0.39, 0.29) is 6.10 Å². The van der Waals surface area contributed by atoms with Gasteiger partial charge < -0.3 is 19.2 Å². The molecule has 2 heterocycles. The smallest absolute Gasteiger partial charge is 0.135 e. The molecule has 2 aromatic rings. The third-order valence-electron chi connectivity index (χ3n) is 3.67. The number of furan rings is 1. The fourth-order valence-corrected chi connectivity index (χ4v) is 2.55. The number of hydrogen-bond donors (Lipinski definition) is 1. The standard InChI is InChI=1S/C16H21NO3/c1-2-17-9-14-13-5-3-4-6-15(13)20-16(14)11-19-12-7-8-18-10-12/h3-6,12,17H,2,7-11H2,1H3. The van der Waals surface area contributed by atoms with Gasteiger partial charge in [0.15, 0.2) is 0 Å². The number of benzene rings is 1. The first-order chi connectivity index (χ1) is 9.88. The summed E-state index contributed by atoms with van der Waals surface area (Å²) in [5.41, 5.74) is 2.14. The molecule has 0 amide bonds. The van der Waals surface area contributed by atoms with E-state index in [9.17, 15) is 0 Å². The van der Waals surface area contributed by atoms with Gasteiger partial charge in [0.25, 0.3) is 0 Å². The Morgan fingerprint density at radius 2 is 2.25 bits per heavy atom. The minimum absolute atomic E-state index is 0.204. The number of rotatable bonds is 6. The summed E-state index contributed by atoms with van der Waals surface area (Å²) in [4.78, 5) is 0. The molecular formula is C16H21NO3. The molecule has 0 radical (unpaired) electrons. The molecule has 0 bridgehead atoms. The Morgan fingerprint density at radius 3 is 3.05 bits per heavy atom. The summed E-state index contributed by atoms with van der Waals surface area (Å²) in [6, 6.07) is 8.15. The van der Waals surface area contributed by atoms with E-state index in [4.69, 9.17) is 13.9 Å². The van der Waals surface area contributed by atoms with Gasteiger partial charge in [-0.2, -0.15) is 0 Å². The normalized spacial score (nSPS) is 18.9. The van der Waals surface area contributed by atoms with Crippen LogP contribution in [-0.4, -0.2) is 25.9 Å². The van der Waals surface area contributed by atoms with Crippen molar-refractivity contribution in [2.45, 2.75) is 32.6 Å². The SMILES string of the molecule is CCNCc1c(COC2CCOC2)oc2ccccc12. The molecule has 4 nitrogen and oxygen atoms in total. The van der Waals surface area contributed by atoms with Crippen LogP contribution in [0.1, 0.15) is 24.7 Å². The number of nitrogens with one attached hydrogen (secondary N) is 1. The van der Waals surface area contributed by atoms with Crippen molar-refractivity contribution >= 4 is 11.0 Å². The largest absolute Gasteiger partial charge is 0.458 e. The van der Waals surface area contributed by atoms with Crippen LogP contribution in [-0.2, 0) is 22.6 Å². The molecule has 3 rings (SSSR count). The molecule has 108 valence electrons. The molecule has 0 spiro atoms.